The highest BCUT2D eigenvalue weighted by Gasteiger charge is 2.16. The highest BCUT2D eigenvalue weighted by Crippen LogP contribution is 2.24. The molecule has 0 unspecified atom stereocenters. The Balaban J connectivity index is 3.29. The summed E-state index contributed by atoms with van der Waals surface area (Å²) in [6.07, 6.45) is 0. The molecule has 0 spiro atoms. The molecule has 0 heterocycles. The predicted octanol–water partition coefficient (Wildman–Crippen LogP) is 2.08. The van der Waals surface area contributed by atoms with Crippen LogP contribution in [0.3, 0.4) is 0 Å². The first-order valence-corrected chi connectivity index (χ1v) is 4.68. The average Bonchev–Trinajstić information content (AvgIpc) is 2.21. The normalized spacial score (nSPS) is 9.87. The second kappa shape index (κ2) is 4.26. The van der Waals surface area contributed by atoms with Gasteiger partial charge in [-0.1, -0.05) is 0 Å². The molecule has 0 amide bonds. The number of ether oxygens (including phenoxy) is 1. The topological polar surface area (TPSA) is 43.4 Å². The van der Waals surface area contributed by atoms with Gasteiger partial charge in [-0.25, -0.2) is 0 Å². The number of benzene rings is 1. The van der Waals surface area contributed by atoms with Crippen LogP contribution in [-0.2, 0) is 4.79 Å². The van der Waals surface area contributed by atoms with Crippen molar-refractivity contribution in [1.29, 1.82) is 0 Å². The van der Waals surface area contributed by atoms with Gasteiger partial charge in [0, 0.05) is 12.5 Å². The van der Waals surface area contributed by atoms with E-state index in [1.807, 2.05) is 13.8 Å². The lowest BCUT2D eigenvalue weighted by atomic mass is 9.98. The van der Waals surface area contributed by atoms with Crippen molar-refractivity contribution in [2.45, 2.75) is 20.8 Å². The van der Waals surface area contributed by atoms with Crippen LogP contribution in [0.25, 0.3) is 0 Å². The lowest BCUT2D eigenvalue weighted by Crippen LogP contribution is -2.12. The van der Waals surface area contributed by atoms with Crippen molar-refractivity contribution >= 4 is 11.6 Å². The molecule has 0 radical (unpaired) electrons. The average molecular weight is 206 g/mol. The molecule has 0 bridgehead atoms. The van der Waals surface area contributed by atoms with Crippen LogP contribution >= 0.6 is 0 Å². The van der Waals surface area contributed by atoms with Crippen LogP contribution in [0, 0.1) is 13.8 Å². The Morgan fingerprint density at radius 2 is 1.73 bits per heavy atom. The second-order valence-corrected chi connectivity index (χ2v) is 3.45. The van der Waals surface area contributed by atoms with Gasteiger partial charge in [0.05, 0.1) is 7.11 Å². The van der Waals surface area contributed by atoms with E-state index in [1.54, 1.807) is 19.2 Å². The third kappa shape index (κ3) is 2.06. The zero-order valence-corrected chi connectivity index (χ0v) is 9.38. The molecule has 0 saturated heterocycles. The van der Waals surface area contributed by atoms with E-state index in [0.29, 0.717) is 5.56 Å². The standard InChI is InChI=1S/C12H14O3/c1-7-8(2)11(15-4)6-5-10(7)12(14)9(3)13/h5-6H,1-4H3. The van der Waals surface area contributed by atoms with Gasteiger partial charge in [0.25, 0.3) is 0 Å². The van der Waals surface area contributed by atoms with E-state index in [-0.39, 0.29) is 0 Å². The molecule has 0 aromatic heterocycles. The molecule has 0 N–H and O–H groups in total. The summed E-state index contributed by atoms with van der Waals surface area (Å²) >= 11 is 0. The fraction of sp³-hybridized carbons (Fsp3) is 0.333. The summed E-state index contributed by atoms with van der Waals surface area (Å²) < 4.78 is 5.12. The molecule has 1 rings (SSSR count). The summed E-state index contributed by atoms with van der Waals surface area (Å²) in [4.78, 5) is 22.5. The van der Waals surface area contributed by atoms with E-state index in [9.17, 15) is 9.59 Å². The van der Waals surface area contributed by atoms with E-state index >= 15 is 0 Å². The third-order valence-corrected chi connectivity index (χ3v) is 2.52. The Morgan fingerprint density at radius 3 is 2.20 bits per heavy atom. The lowest BCUT2D eigenvalue weighted by Gasteiger charge is -2.10. The van der Waals surface area contributed by atoms with Crippen molar-refractivity contribution < 1.29 is 14.3 Å². The van der Waals surface area contributed by atoms with Gasteiger partial charge in [-0.3, -0.25) is 9.59 Å². The largest absolute Gasteiger partial charge is 0.496 e. The maximum atomic E-state index is 11.5. The van der Waals surface area contributed by atoms with Crippen LogP contribution in [-0.4, -0.2) is 18.7 Å². The number of ketones is 2. The summed E-state index contributed by atoms with van der Waals surface area (Å²) in [5.41, 5.74) is 2.15. The van der Waals surface area contributed by atoms with E-state index in [4.69, 9.17) is 4.74 Å². The van der Waals surface area contributed by atoms with Gasteiger partial charge in [0.2, 0.25) is 5.78 Å². The predicted molar refractivity (Wildman–Crippen MR) is 57.5 cm³/mol. The molecule has 0 aliphatic carbocycles. The molecule has 0 aliphatic heterocycles. The van der Waals surface area contributed by atoms with Crippen molar-refractivity contribution in [3.05, 3.63) is 28.8 Å². The van der Waals surface area contributed by atoms with Crippen molar-refractivity contribution in [3.63, 3.8) is 0 Å². The molecule has 0 atom stereocenters. The highest BCUT2D eigenvalue weighted by atomic mass is 16.5. The van der Waals surface area contributed by atoms with Gasteiger partial charge >= 0.3 is 0 Å². The molecular weight excluding hydrogens is 192 g/mol. The Hall–Kier alpha value is -1.64. The number of hydrogen-bond acceptors (Lipinski definition) is 3. The Kier molecular flexibility index (Phi) is 3.24. The Labute approximate surface area is 89.1 Å². The molecule has 0 aliphatic rings. The number of carbonyl (C=O) groups excluding carboxylic acids is 2. The van der Waals surface area contributed by atoms with Crippen LogP contribution in [0.5, 0.6) is 5.75 Å². The van der Waals surface area contributed by atoms with E-state index < -0.39 is 11.6 Å². The first kappa shape index (κ1) is 11.4. The van der Waals surface area contributed by atoms with Crippen molar-refractivity contribution in [2.24, 2.45) is 0 Å². The SMILES string of the molecule is COc1ccc(C(=O)C(C)=O)c(C)c1C. The molecule has 80 valence electrons. The molecule has 1 aromatic rings. The maximum absolute atomic E-state index is 11.5. The van der Waals surface area contributed by atoms with Crippen molar-refractivity contribution in [1.82, 2.24) is 0 Å². The molecule has 0 fully saturated rings. The molecule has 1 aromatic carbocycles. The summed E-state index contributed by atoms with van der Waals surface area (Å²) in [6.45, 7) is 4.96. The second-order valence-electron chi connectivity index (χ2n) is 3.45. The molecule has 3 heteroatoms. The van der Waals surface area contributed by atoms with E-state index in [1.165, 1.54) is 6.92 Å². The van der Waals surface area contributed by atoms with Gasteiger partial charge in [-0.15, -0.1) is 0 Å². The van der Waals surface area contributed by atoms with Crippen LogP contribution in [0.15, 0.2) is 12.1 Å². The number of Topliss-reactive ketones (excluding diaryl/α,β-unsaturated/α-hetero) is 2. The number of methoxy groups -OCH3 is 1. The highest BCUT2D eigenvalue weighted by molar-refractivity contribution is 6.43. The molecule has 15 heavy (non-hydrogen) atoms. The smallest absolute Gasteiger partial charge is 0.228 e. The fourth-order valence-electron chi connectivity index (χ4n) is 1.45. The fourth-order valence-corrected chi connectivity index (χ4v) is 1.45. The van der Waals surface area contributed by atoms with Gasteiger partial charge in [-0.2, -0.15) is 0 Å². The quantitative estimate of drug-likeness (QED) is 0.561. The van der Waals surface area contributed by atoms with Crippen LogP contribution in [0.2, 0.25) is 0 Å². The minimum absolute atomic E-state index is 0.442. The summed E-state index contributed by atoms with van der Waals surface area (Å²) in [5, 5.41) is 0. The Morgan fingerprint density at radius 1 is 1.13 bits per heavy atom. The van der Waals surface area contributed by atoms with Gasteiger partial charge in [0.1, 0.15) is 5.75 Å². The van der Waals surface area contributed by atoms with Crippen molar-refractivity contribution in [2.75, 3.05) is 7.11 Å². The summed E-state index contributed by atoms with van der Waals surface area (Å²) in [6, 6.07) is 3.34. The van der Waals surface area contributed by atoms with E-state index in [0.717, 1.165) is 16.9 Å². The first-order valence-electron chi connectivity index (χ1n) is 4.68. The van der Waals surface area contributed by atoms with Gasteiger partial charge in [-0.05, 0) is 37.1 Å². The molecular formula is C12H14O3. The molecule has 3 nitrogen and oxygen atoms in total. The zero-order valence-electron chi connectivity index (χ0n) is 9.38. The van der Waals surface area contributed by atoms with Gasteiger partial charge < -0.3 is 4.74 Å². The zero-order chi connectivity index (χ0) is 11.6. The first-order chi connectivity index (χ1) is 6.99. The minimum Gasteiger partial charge on any atom is -0.496 e. The van der Waals surface area contributed by atoms with Crippen LogP contribution < -0.4 is 4.74 Å². The number of hydrogen-bond donors (Lipinski definition) is 0. The lowest BCUT2D eigenvalue weighted by molar-refractivity contribution is -0.113. The van der Waals surface area contributed by atoms with Crippen LogP contribution in [0.4, 0.5) is 0 Å². The third-order valence-electron chi connectivity index (χ3n) is 2.52. The number of rotatable bonds is 3. The minimum atomic E-state index is -0.446. The van der Waals surface area contributed by atoms with E-state index in [2.05, 4.69) is 0 Å². The van der Waals surface area contributed by atoms with Crippen LogP contribution in [0.1, 0.15) is 28.4 Å². The van der Waals surface area contributed by atoms with Gasteiger partial charge in [0.15, 0.2) is 5.78 Å². The molecule has 0 saturated carbocycles. The maximum Gasteiger partial charge on any atom is 0.228 e. The Bertz CT molecular complexity index is 419. The number of carbonyl (C=O) groups is 2. The monoisotopic (exact) mass is 206 g/mol. The van der Waals surface area contributed by atoms with Crippen molar-refractivity contribution in [3.8, 4) is 5.75 Å². The summed E-state index contributed by atoms with van der Waals surface area (Å²) in [7, 11) is 1.58. The summed E-state index contributed by atoms with van der Waals surface area (Å²) in [5.74, 6) is -0.159.